The number of carbonyl (C=O) groups is 4. The number of aromatic nitrogens is 2. The molecule has 14 fully saturated rings. The summed E-state index contributed by atoms with van der Waals surface area (Å²) >= 11 is 14.5. The van der Waals surface area contributed by atoms with Gasteiger partial charge in [-0.25, -0.2) is 4.98 Å². The average Bonchev–Trinajstić information content (AvgIpc) is 1.70. The molecule has 456 valence electrons. The van der Waals surface area contributed by atoms with Gasteiger partial charge in [-0.3, -0.25) is 19.2 Å². The molecule has 0 N–H and O–H groups in total. The first kappa shape index (κ1) is 57.6. The Labute approximate surface area is 517 Å². The minimum absolute atomic E-state index is 0.00414. The molecule has 5 unspecified atom stereocenters. The van der Waals surface area contributed by atoms with Crippen LogP contribution in [-0.4, -0.2) is 93.6 Å². The zero-order valence-corrected chi connectivity index (χ0v) is 52.5. The van der Waals surface area contributed by atoms with Crippen LogP contribution in [0.5, 0.6) is 5.75 Å². The van der Waals surface area contributed by atoms with Crippen molar-refractivity contribution in [2.45, 2.75) is 191 Å². The zero-order chi connectivity index (χ0) is 58.1. The minimum Gasteiger partial charge on any atom is -0.491 e. The van der Waals surface area contributed by atoms with Gasteiger partial charge >= 0.3 is 5.97 Å². The number of halogens is 2. The summed E-state index contributed by atoms with van der Waals surface area (Å²) in [6.07, 6.45) is 33.1. The van der Waals surface area contributed by atoms with E-state index in [4.69, 9.17) is 42.1 Å². The standard InChI is InChI=1S/C36H42Cl2N4O4.C34H46O4S/c37-28-1-6-32(33(38)16-28)36(23-40-8-7-39-24-40)45-22-31(46-36)21-44-30-4-2-29(3-5-30)41-9-11-42(12-10-41)34(43)20-35-17-25-13-26(18-35)15-27(14-25)19-35;1-31-7-3-24(35)14-23(31)15-27(39-29(37)19-33-16-20-11-21(17-33)13-22(12-20)18-33)30-25(31)4-8-32(2)26(30)5-9-34(32)10-6-28(36)38-34/h1-8,16,24-27,31H,9-15,17-23H2;14,20-22,25-27,30H,3-13,15-19H2,1-2H3/t25?,26?,27?,31-,35?,36-;20?,21?,22?,25?,26?,27-,30?,31?,32?,33?,34-/m01/s1. The molecule has 15 heteroatoms. The lowest BCUT2D eigenvalue weighted by atomic mass is 9.46. The number of benzene rings is 2. The molecule has 3 aromatic rings. The van der Waals surface area contributed by atoms with Crippen LogP contribution in [-0.2, 0) is 45.7 Å². The van der Waals surface area contributed by atoms with E-state index in [1.807, 2.05) is 35.0 Å². The van der Waals surface area contributed by atoms with Crippen LogP contribution in [0.25, 0.3) is 0 Å². The fourth-order valence-corrected chi connectivity index (χ4v) is 24.5. The molecule has 1 spiro atoms. The van der Waals surface area contributed by atoms with Crippen molar-refractivity contribution in [2.75, 3.05) is 44.3 Å². The molecule has 85 heavy (non-hydrogen) atoms. The number of fused-ring (bicyclic) bond motifs is 6. The van der Waals surface area contributed by atoms with E-state index in [0.717, 1.165) is 131 Å². The van der Waals surface area contributed by atoms with Crippen molar-refractivity contribution < 1.29 is 38.1 Å². The van der Waals surface area contributed by atoms with Crippen molar-refractivity contribution in [3.8, 4) is 5.75 Å². The minimum atomic E-state index is -1.08. The Balaban J connectivity index is 0.000000146. The maximum absolute atomic E-state index is 14.0. The molecule has 1 amide bonds. The number of amides is 1. The fraction of sp³-hybridized carbons (Fsp3) is 0.700. The number of ketones is 1. The second-order valence-electron chi connectivity index (χ2n) is 30.6. The number of anilines is 1. The summed E-state index contributed by atoms with van der Waals surface area (Å²) in [7, 11) is 0. The van der Waals surface area contributed by atoms with Crippen molar-refractivity contribution >= 4 is 63.4 Å². The van der Waals surface area contributed by atoms with Gasteiger partial charge in [0.25, 0.3) is 0 Å². The number of rotatable bonds is 12. The SMILES string of the molecule is CC12CCC(=O)C=C1C[C@@H](SC(=O)CC13CC4CC(CC(C4)C1)C3)C1C2CCC2(C)C1CC[C@@]21CCC(=O)O1.O=C(CC12CC3CC(CC(C3)C1)C2)N1CCN(c2ccc(OC[C@H]3CO[C@](Cn4ccnc4)(c4ccc(Cl)cc4Cl)O3)cc2)CC1. The van der Waals surface area contributed by atoms with Crippen molar-refractivity contribution in [3.05, 3.63) is 88.4 Å². The number of thioether (sulfide) groups is 1. The van der Waals surface area contributed by atoms with E-state index < -0.39 is 5.79 Å². The molecule has 3 aliphatic heterocycles. The van der Waals surface area contributed by atoms with Crippen LogP contribution in [0.3, 0.4) is 0 Å². The maximum Gasteiger partial charge on any atom is 0.306 e. The second-order valence-corrected chi connectivity index (χ2v) is 32.7. The molecule has 2 aromatic carbocycles. The van der Waals surface area contributed by atoms with E-state index in [1.54, 1.807) is 36.4 Å². The number of carbonyl (C=O) groups excluding carboxylic acids is 4. The Hall–Kier alpha value is -3.88. The summed E-state index contributed by atoms with van der Waals surface area (Å²) in [4.78, 5) is 61.1. The topological polar surface area (TPSA) is 130 Å². The number of piperazine rings is 1. The third-order valence-corrected chi connectivity index (χ3v) is 27.1. The molecule has 4 heterocycles. The highest BCUT2D eigenvalue weighted by Gasteiger charge is 2.69. The quantitative estimate of drug-likeness (QED) is 0.161. The first-order valence-corrected chi connectivity index (χ1v) is 34.7. The number of nitrogens with zero attached hydrogens (tertiary/aromatic N) is 4. The average molecular weight is 1220 g/mol. The molecule has 8 bridgehead atoms. The molecular weight excluding hydrogens is 1130 g/mol. The summed E-state index contributed by atoms with van der Waals surface area (Å²) in [5.74, 6) is 7.07. The van der Waals surface area contributed by atoms with E-state index in [1.165, 1.54) is 82.6 Å². The molecule has 18 rings (SSSR count). The fourth-order valence-electron chi connectivity index (χ4n) is 22.4. The molecule has 12 aliphatic carbocycles. The van der Waals surface area contributed by atoms with Gasteiger partial charge in [-0.05, 0) is 234 Å². The monoisotopic (exact) mass is 1210 g/mol. The maximum atomic E-state index is 14.0. The van der Waals surface area contributed by atoms with Crippen molar-refractivity contribution in [1.82, 2.24) is 14.5 Å². The normalized spacial score (nSPS) is 41.7. The summed E-state index contributed by atoms with van der Waals surface area (Å²) in [5, 5.41) is 1.71. The van der Waals surface area contributed by atoms with Gasteiger partial charge in [0.05, 0.1) is 24.5 Å². The van der Waals surface area contributed by atoms with Gasteiger partial charge in [-0.15, -0.1) is 0 Å². The Morgan fingerprint density at radius 3 is 2.05 bits per heavy atom. The molecular formula is C70H88Cl2N4O8S. The van der Waals surface area contributed by atoms with Gasteiger partial charge in [-0.1, -0.05) is 60.5 Å². The van der Waals surface area contributed by atoms with Crippen LogP contribution in [0, 0.1) is 74.9 Å². The Kier molecular flexibility index (Phi) is 14.9. The van der Waals surface area contributed by atoms with E-state index in [-0.39, 0.29) is 45.0 Å². The number of hydrogen-bond acceptors (Lipinski definition) is 11. The summed E-state index contributed by atoms with van der Waals surface area (Å²) in [6, 6.07) is 13.6. The second kappa shape index (κ2) is 22.0. The Morgan fingerprint density at radius 1 is 0.765 bits per heavy atom. The number of ether oxygens (including phenoxy) is 4. The molecule has 1 aromatic heterocycles. The Bertz CT molecular complexity index is 3040. The van der Waals surface area contributed by atoms with Gasteiger partial charge in [0.15, 0.2) is 10.9 Å². The summed E-state index contributed by atoms with van der Waals surface area (Å²) in [6.45, 7) is 9.24. The number of hydrogen-bond donors (Lipinski definition) is 0. The van der Waals surface area contributed by atoms with Crippen LogP contribution >= 0.6 is 35.0 Å². The third kappa shape index (κ3) is 10.6. The smallest absolute Gasteiger partial charge is 0.306 e. The molecule has 12 nitrogen and oxygen atoms in total. The number of imidazole rings is 1. The molecule has 3 saturated heterocycles. The van der Waals surface area contributed by atoms with Crippen molar-refractivity contribution in [2.24, 2.45) is 74.9 Å². The number of allylic oxidation sites excluding steroid dienone is 1. The van der Waals surface area contributed by atoms with E-state index >= 15 is 0 Å². The highest BCUT2D eigenvalue weighted by molar-refractivity contribution is 8.14. The van der Waals surface area contributed by atoms with Crippen LogP contribution in [0.15, 0.2) is 72.8 Å². The zero-order valence-electron chi connectivity index (χ0n) is 50.1. The largest absolute Gasteiger partial charge is 0.491 e. The van der Waals surface area contributed by atoms with Gasteiger partial charge in [0.2, 0.25) is 11.7 Å². The van der Waals surface area contributed by atoms with Gasteiger partial charge < -0.3 is 33.3 Å². The van der Waals surface area contributed by atoms with Crippen molar-refractivity contribution in [1.29, 1.82) is 0 Å². The van der Waals surface area contributed by atoms with E-state index in [0.29, 0.717) is 82.4 Å². The number of esters is 1. The van der Waals surface area contributed by atoms with Crippen LogP contribution in [0.2, 0.25) is 10.0 Å². The molecule has 0 radical (unpaired) electrons. The molecule has 11 saturated carbocycles. The predicted molar refractivity (Wildman–Crippen MR) is 329 cm³/mol. The van der Waals surface area contributed by atoms with Crippen molar-refractivity contribution in [3.63, 3.8) is 0 Å². The lowest BCUT2D eigenvalue weighted by molar-refractivity contribution is -0.189. The van der Waals surface area contributed by atoms with E-state index in [2.05, 4.69) is 40.8 Å². The third-order valence-electron chi connectivity index (χ3n) is 25.4. The summed E-state index contributed by atoms with van der Waals surface area (Å²) in [5.41, 5.74) is 3.57. The highest BCUT2D eigenvalue weighted by atomic mass is 35.5. The summed E-state index contributed by atoms with van der Waals surface area (Å²) < 4.78 is 27.1. The van der Waals surface area contributed by atoms with Gasteiger partial charge in [0, 0.05) is 91.2 Å². The van der Waals surface area contributed by atoms with Crippen LogP contribution in [0.4, 0.5) is 5.69 Å². The Morgan fingerprint density at radius 2 is 1.42 bits per heavy atom. The van der Waals surface area contributed by atoms with Crippen LogP contribution in [0.1, 0.15) is 167 Å². The van der Waals surface area contributed by atoms with E-state index in [9.17, 15) is 19.2 Å². The van der Waals surface area contributed by atoms with Gasteiger partial charge in [-0.2, -0.15) is 0 Å². The molecule has 9 atom stereocenters. The van der Waals surface area contributed by atoms with Crippen LogP contribution < -0.4 is 9.64 Å². The lowest BCUT2D eigenvalue weighted by Gasteiger charge is -2.61. The molecule has 15 aliphatic rings. The highest BCUT2D eigenvalue weighted by Crippen LogP contribution is 2.71. The first-order chi connectivity index (χ1) is 40.9. The lowest BCUT2D eigenvalue weighted by Crippen LogP contribution is -2.57. The first-order valence-electron chi connectivity index (χ1n) is 33.1. The van der Waals surface area contributed by atoms with Gasteiger partial charge in [0.1, 0.15) is 24.1 Å². The predicted octanol–water partition coefficient (Wildman–Crippen LogP) is 14.2.